The van der Waals surface area contributed by atoms with Crippen LogP contribution in [0.4, 0.5) is 14.9 Å². The lowest BCUT2D eigenvalue weighted by Crippen LogP contribution is -2.47. The molecule has 1 aromatic rings. The fraction of sp³-hybridized carbons (Fsp3) is 0.611. The van der Waals surface area contributed by atoms with Gasteiger partial charge in [-0.3, -0.25) is 9.29 Å². The van der Waals surface area contributed by atoms with Crippen LogP contribution in [-0.2, 0) is 6.54 Å². The molecular formula is C18H26FN3O2. The molecule has 0 bridgehead atoms. The first-order chi connectivity index (χ1) is 11.6. The highest BCUT2D eigenvalue weighted by Gasteiger charge is 2.26. The summed E-state index contributed by atoms with van der Waals surface area (Å²) in [6.45, 7) is 7.04. The van der Waals surface area contributed by atoms with E-state index in [9.17, 15) is 9.18 Å². The fourth-order valence-corrected chi connectivity index (χ4v) is 3.80. The van der Waals surface area contributed by atoms with Gasteiger partial charge < -0.3 is 14.9 Å². The van der Waals surface area contributed by atoms with Crippen LogP contribution in [0.1, 0.15) is 17.5 Å². The SMILES string of the molecule is Cc1cccc(CN2CCN(C(=O)O)CC2)c1N1CC[C@H](CF)C1. The first kappa shape index (κ1) is 17.0. The number of carboxylic acid groups (broad SMARTS) is 1. The minimum absolute atomic E-state index is 0.150. The van der Waals surface area contributed by atoms with Crippen molar-refractivity contribution in [3.63, 3.8) is 0 Å². The summed E-state index contributed by atoms with van der Waals surface area (Å²) in [5.74, 6) is 0.150. The molecule has 2 aliphatic heterocycles. The number of piperazine rings is 1. The molecule has 5 nitrogen and oxygen atoms in total. The molecule has 2 fully saturated rings. The third-order valence-corrected chi connectivity index (χ3v) is 5.18. The van der Waals surface area contributed by atoms with E-state index in [0.717, 1.165) is 39.1 Å². The van der Waals surface area contributed by atoms with Crippen LogP contribution < -0.4 is 4.90 Å². The number of hydrogen-bond donors (Lipinski definition) is 1. The van der Waals surface area contributed by atoms with Crippen molar-refractivity contribution >= 4 is 11.8 Å². The summed E-state index contributed by atoms with van der Waals surface area (Å²) in [6.07, 6.45) is 0.0851. The second-order valence-corrected chi connectivity index (χ2v) is 6.88. The summed E-state index contributed by atoms with van der Waals surface area (Å²) in [4.78, 5) is 17.1. The standard InChI is InChI=1S/C18H26FN3O2/c1-14-3-2-4-16(17(14)22-6-5-15(11-19)12-22)13-20-7-9-21(10-8-20)18(23)24/h2-4,15H,5-13H2,1H3,(H,23,24)/t15-/m1/s1. The van der Waals surface area contributed by atoms with Crippen LogP contribution in [0, 0.1) is 12.8 Å². The maximum Gasteiger partial charge on any atom is 0.407 e. The summed E-state index contributed by atoms with van der Waals surface area (Å²) >= 11 is 0. The number of alkyl halides is 1. The second-order valence-electron chi connectivity index (χ2n) is 6.88. The van der Waals surface area contributed by atoms with E-state index in [2.05, 4.69) is 34.9 Å². The van der Waals surface area contributed by atoms with E-state index < -0.39 is 6.09 Å². The molecule has 2 aliphatic rings. The van der Waals surface area contributed by atoms with E-state index in [1.54, 1.807) is 0 Å². The molecule has 0 saturated carbocycles. The highest BCUT2D eigenvalue weighted by atomic mass is 19.1. The average molecular weight is 335 g/mol. The van der Waals surface area contributed by atoms with Gasteiger partial charge in [-0.1, -0.05) is 18.2 Å². The Morgan fingerprint density at radius 3 is 2.62 bits per heavy atom. The fourth-order valence-electron chi connectivity index (χ4n) is 3.80. The molecule has 6 heteroatoms. The lowest BCUT2D eigenvalue weighted by Gasteiger charge is -2.34. The number of halogens is 1. The Hall–Kier alpha value is -1.82. The molecule has 0 aromatic heterocycles. The first-order valence-corrected chi connectivity index (χ1v) is 8.68. The summed E-state index contributed by atoms with van der Waals surface area (Å²) in [7, 11) is 0. The van der Waals surface area contributed by atoms with Crippen molar-refractivity contribution in [2.75, 3.05) is 50.8 Å². The van der Waals surface area contributed by atoms with E-state index in [1.165, 1.54) is 21.7 Å². The number of rotatable bonds is 4. The van der Waals surface area contributed by atoms with Gasteiger partial charge in [-0.25, -0.2) is 4.79 Å². The van der Waals surface area contributed by atoms with Crippen LogP contribution >= 0.6 is 0 Å². The minimum Gasteiger partial charge on any atom is -0.465 e. The van der Waals surface area contributed by atoms with E-state index in [-0.39, 0.29) is 12.6 Å². The minimum atomic E-state index is -0.833. The Kier molecular flexibility index (Phi) is 5.23. The zero-order valence-corrected chi connectivity index (χ0v) is 14.2. The van der Waals surface area contributed by atoms with Crippen LogP contribution in [-0.4, -0.2) is 66.9 Å². The van der Waals surface area contributed by atoms with Gasteiger partial charge in [-0.15, -0.1) is 0 Å². The molecule has 0 unspecified atom stereocenters. The molecule has 2 saturated heterocycles. The van der Waals surface area contributed by atoms with Gasteiger partial charge in [0, 0.05) is 57.4 Å². The zero-order valence-electron chi connectivity index (χ0n) is 14.2. The first-order valence-electron chi connectivity index (χ1n) is 8.68. The van der Waals surface area contributed by atoms with Crippen molar-refractivity contribution in [1.29, 1.82) is 0 Å². The van der Waals surface area contributed by atoms with E-state index in [4.69, 9.17) is 5.11 Å². The van der Waals surface area contributed by atoms with Crippen molar-refractivity contribution in [2.24, 2.45) is 5.92 Å². The molecule has 1 N–H and O–H groups in total. The Morgan fingerprint density at radius 2 is 2.00 bits per heavy atom. The Balaban J connectivity index is 1.70. The molecule has 1 atom stereocenters. The van der Waals surface area contributed by atoms with Gasteiger partial charge in [0.25, 0.3) is 0 Å². The van der Waals surface area contributed by atoms with Crippen LogP contribution in [0.3, 0.4) is 0 Å². The molecule has 0 aliphatic carbocycles. The lowest BCUT2D eigenvalue weighted by atomic mass is 10.1. The Bertz CT molecular complexity index is 588. The third-order valence-electron chi connectivity index (χ3n) is 5.18. The molecule has 132 valence electrons. The lowest BCUT2D eigenvalue weighted by molar-refractivity contribution is 0.103. The summed E-state index contributed by atoms with van der Waals surface area (Å²) < 4.78 is 13.0. The summed E-state index contributed by atoms with van der Waals surface area (Å²) in [5.41, 5.74) is 3.74. The molecule has 24 heavy (non-hydrogen) atoms. The van der Waals surface area contributed by atoms with Gasteiger partial charge in [-0.2, -0.15) is 0 Å². The van der Waals surface area contributed by atoms with Crippen molar-refractivity contribution in [3.8, 4) is 0 Å². The largest absolute Gasteiger partial charge is 0.465 e. The molecule has 0 radical (unpaired) electrons. The van der Waals surface area contributed by atoms with E-state index in [1.807, 2.05) is 0 Å². The van der Waals surface area contributed by atoms with Crippen LogP contribution in [0.2, 0.25) is 0 Å². The number of benzene rings is 1. The maximum absolute atomic E-state index is 13.0. The molecule has 3 rings (SSSR count). The van der Waals surface area contributed by atoms with Gasteiger partial charge in [0.05, 0.1) is 6.67 Å². The van der Waals surface area contributed by atoms with Crippen molar-refractivity contribution in [3.05, 3.63) is 29.3 Å². The topological polar surface area (TPSA) is 47.0 Å². The quantitative estimate of drug-likeness (QED) is 0.919. The van der Waals surface area contributed by atoms with Crippen LogP contribution in [0.5, 0.6) is 0 Å². The molecule has 2 heterocycles. The number of nitrogens with zero attached hydrogens (tertiary/aromatic N) is 3. The predicted octanol–water partition coefficient (Wildman–Crippen LogP) is 2.59. The second kappa shape index (κ2) is 7.38. The van der Waals surface area contributed by atoms with Crippen molar-refractivity contribution in [2.45, 2.75) is 19.9 Å². The van der Waals surface area contributed by atoms with Gasteiger partial charge >= 0.3 is 6.09 Å². The highest BCUT2D eigenvalue weighted by Crippen LogP contribution is 2.31. The van der Waals surface area contributed by atoms with Crippen LogP contribution in [0.15, 0.2) is 18.2 Å². The zero-order chi connectivity index (χ0) is 17.1. The maximum atomic E-state index is 13.0. The average Bonchev–Trinajstić information content (AvgIpc) is 3.04. The van der Waals surface area contributed by atoms with Gasteiger partial charge in [0.2, 0.25) is 0 Å². The Morgan fingerprint density at radius 1 is 1.25 bits per heavy atom. The number of hydrogen-bond acceptors (Lipinski definition) is 3. The van der Waals surface area contributed by atoms with Gasteiger partial charge in [-0.05, 0) is 24.5 Å². The molecule has 0 spiro atoms. The highest BCUT2D eigenvalue weighted by molar-refractivity contribution is 5.65. The van der Waals surface area contributed by atoms with Crippen molar-refractivity contribution in [1.82, 2.24) is 9.80 Å². The smallest absolute Gasteiger partial charge is 0.407 e. The normalized spacial score (nSPS) is 22.2. The summed E-state index contributed by atoms with van der Waals surface area (Å²) in [5, 5.41) is 9.06. The molecule has 1 aromatic carbocycles. The number of para-hydroxylation sites is 1. The summed E-state index contributed by atoms with van der Waals surface area (Å²) in [6, 6.07) is 6.34. The third kappa shape index (κ3) is 3.64. The Labute approximate surface area is 142 Å². The predicted molar refractivity (Wildman–Crippen MR) is 92.3 cm³/mol. The van der Waals surface area contributed by atoms with Gasteiger partial charge in [0.1, 0.15) is 0 Å². The number of aryl methyl sites for hydroxylation is 1. The number of amides is 1. The van der Waals surface area contributed by atoms with Gasteiger partial charge in [0.15, 0.2) is 0 Å². The van der Waals surface area contributed by atoms with Crippen LogP contribution in [0.25, 0.3) is 0 Å². The van der Waals surface area contributed by atoms with Crippen molar-refractivity contribution < 1.29 is 14.3 Å². The number of carbonyl (C=O) groups is 1. The van der Waals surface area contributed by atoms with E-state index in [0.29, 0.717) is 13.1 Å². The monoisotopic (exact) mass is 335 g/mol. The van der Waals surface area contributed by atoms with E-state index >= 15 is 0 Å². The molecular weight excluding hydrogens is 309 g/mol. The number of anilines is 1. The molecule has 1 amide bonds.